The van der Waals surface area contributed by atoms with Crippen molar-refractivity contribution in [1.29, 1.82) is 0 Å². The number of nitrogens with one attached hydrogen (secondary N) is 1. The van der Waals surface area contributed by atoms with Gasteiger partial charge in [-0.3, -0.25) is 4.79 Å². The number of hydrogen-bond acceptors (Lipinski definition) is 3. The molecule has 5 heteroatoms. The monoisotopic (exact) mass is 323 g/mol. The van der Waals surface area contributed by atoms with Crippen LogP contribution in [-0.2, 0) is 15.7 Å². The predicted octanol–water partition coefficient (Wildman–Crippen LogP) is 2.79. The van der Waals surface area contributed by atoms with Gasteiger partial charge in [0.15, 0.2) is 0 Å². The van der Waals surface area contributed by atoms with Gasteiger partial charge in [-0.2, -0.15) is 0 Å². The highest BCUT2D eigenvalue weighted by molar-refractivity contribution is 6.62. The van der Waals surface area contributed by atoms with Gasteiger partial charge in [-0.15, -0.1) is 0 Å². The Kier molecular flexibility index (Phi) is 3.31. The summed E-state index contributed by atoms with van der Waals surface area (Å²) in [6, 6.07) is 5.92. The van der Waals surface area contributed by atoms with Crippen molar-refractivity contribution in [2.75, 3.05) is 0 Å². The third kappa shape index (κ3) is 2.26. The molecule has 24 heavy (non-hydrogen) atoms. The molecule has 0 amide bonds. The number of H-pyrrole nitrogens is 1. The van der Waals surface area contributed by atoms with E-state index in [2.05, 4.69) is 17.1 Å². The van der Waals surface area contributed by atoms with Crippen molar-refractivity contribution >= 4 is 29.4 Å². The number of pyridine rings is 1. The Morgan fingerprint density at radius 1 is 1.08 bits per heavy atom. The number of hydrogen-bond donors (Lipinski definition) is 1. The predicted molar refractivity (Wildman–Crippen MR) is 97.6 cm³/mol. The van der Waals surface area contributed by atoms with Crippen LogP contribution in [0.2, 0.25) is 0 Å². The average molecular weight is 323 g/mol. The molecule has 0 atom stereocenters. The molecular weight excluding hydrogens is 301 g/mol. The van der Waals surface area contributed by atoms with Crippen LogP contribution in [0.1, 0.15) is 45.4 Å². The lowest BCUT2D eigenvalue weighted by atomic mass is 9.78. The van der Waals surface area contributed by atoms with Crippen LogP contribution in [0.25, 0.3) is 16.8 Å². The van der Waals surface area contributed by atoms with Crippen molar-refractivity contribution in [3.8, 4) is 0 Å². The molecule has 1 saturated heterocycles. The second-order valence-corrected chi connectivity index (χ2v) is 7.68. The maximum Gasteiger partial charge on any atom is 0.494 e. The molecular formula is C19H22BNO3. The molecule has 1 aromatic carbocycles. The van der Waals surface area contributed by atoms with Crippen LogP contribution in [0.5, 0.6) is 0 Å². The standard InChI is InChI=1S/C19H22BNO3/c1-18(2)19(3,4)24-20(23-18)12-9-10-13-14-7-5-6-8-16(14)21-17(22)15(13)11-12/h5,7,9-11H,6,8H2,1-4H3,(H,21,22). The highest BCUT2D eigenvalue weighted by atomic mass is 16.7. The summed E-state index contributed by atoms with van der Waals surface area (Å²) in [5.74, 6) is 0. The minimum Gasteiger partial charge on any atom is -0.399 e. The van der Waals surface area contributed by atoms with Gasteiger partial charge in [-0.05, 0) is 57.5 Å². The van der Waals surface area contributed by atoms with Crippen LogP contribution in [0.15, 0.2) is 29.1 Å². The Hall–Kier alpha value is -1.85. The third-order valence-corrected chi connectivity index (χ3v) is 5.54. The molecule has 0 saturated carbocycles. The first kappa shape index (κ1) is 15.7. The summed E-state index contributed by atoms with van der Waals surface area (Å²) >= 11 is 0. The lowest BCUT2D eigenvalue weighted by molar-refractivity contribution is 0.00578. The molecule has 1 aliphatic carbocycles. The molecule has 4 nitrogen and oxygen atoms in total. The molecule has 1 aromatic heterocycles. The molecule has 0 unspecified atom stereocenters. The molecule has 1 fully saturated rings. The summed E-state index contributed by atoms with van der Waals surface area (Å²) in [7, 11) is -0.453. The lowest BCUT2D eigenvalue weighted by Crippen LogP contribution is -2.41. The van der Waals surface area contributed by atoms with Crippen molar-refractivity contribution in [2.24, 2.45) is 0 Å². The fourth-order valence-corrected chi connectivity index (χ4v) is 3.36. The third-order valence-electron chi connectivity index (χ3n) is 5.54. The first-order valence-electron chi connectivity index (χ1n) is 8.49. The molecule has 124 valence electrons. The summed E-state index contributed by atoms with van der Waals surface area (Å²) in [5, 5.41) is 1.68. The average Bonchev–Trinajstić information content (AvgIpc) is 2.75. The van der Waals surface area contributed by atoms with Crippen LogP contribution in [0, 0.1) is 0 Å². The number of aryl methyl sites for hydroxylation is 1. The molecule has 2 aliphatic rings. The SMILES string of the molecule is CC1(C)OB(c2ccc3c4c([nH]c(=O)c3c2)CCC=C4)OC1(C)C. The highest BCUT2D eigenvalue weighted by Gasteiger charge is 2.51. The fraction of sp³-hybridized carbons (Fsp3) is 0.421. The Bertz CT molecular complexity index is 895. The number of allylic oxidation sites excluding steroid dienone is 1. The zero-order valence-electron chi connectivity index (χ0n) is 14.6. The minimum atomic E-state index is -0.453. The minimum absolute atomic E-state index is 0.0441. The Morgan fingerprint density at radius 2 is 1.79 bits per heavy atom. The van der Waals surface area contributed by atoms with E-state index in [1.807, 2.05) is 45.9 Å². The molecule has 0 spiro atoms. The highest BCUT2D eigenvalue weighted by Crippen LogP contribution is 2.36. The topological polar surface area (TPSA) is 51.3 Å². The van der Waals surface area contributed by atoms with E-state index in [9.17, 15) is 4.79 Å². The number of aromatic nitrogens is 1. The summed E-state index contributed by atoms with van der Waals surface area (Å²) in [6.07, 6.45) is 6.12. The first-order valence-corrected chi connectivity index (χ1v) is 8.49. The van der Waals surface area contributed by atoms with Gasteiger partial charge in [0.2, 0.25) is 0 Å². The van der Waals surface area contributed by atoms with Crippen LogP contribution >= 0.6 is 0 Å². The fourth-order valence-electron chi connectivity index (χ4n) is 3.36. The van der Waals surface area contributed by atoms with Crippen LogP contribution < -0.4 is 11.0 Å². The van der Waals surface area contributed by atoms with Crippen molar-refractivity contribution in [3.05, 3.63) is 45.9 Å². The first-order chi connectivity index (χ1) is 11.3. The van der Waals surface area contributed by atoms with E-state index in [0.29, 0.717) is 5.39 Å². The number of benzene rings is 1. The smallest absolute Gasteiger partial charge is 0.399 e. The Morgan fingerprint density at radius 3 is 2.50 bits per heavy atom. The van der Waals surface area contributed by atoms with Crippen molar-refractivity contribution < 1.29 is 9.31 Å². The molecule has 0 bridgehead atoms. The van der Waals surface area contributed by atoms with Crippen molar-refractivity contribution in [2.45, 2.75) is 51.7 Å². The van der Waals surface area contributed by atoms with Crippen LogP contribution in [0.3, 0.4) is 0 Å². The Balaban J connectivity index is 1.82. The Labute approximate surface area is 142 Å². The largest absolute Gasteiger partial charge is 0.494 e. The second kappa shape index (κ2) is 5.07. The van der Waals surface area contributed by atoms with Crippen molar-refractivity contribution in [3.63, 3.8) is 0 Å². The zero-order chi connectivity index (χ0) is 17.1. The van der Waals surface area contributed by atoms with Crippen LogP contribution in [0.4, 0.5) is 0 Å². The van der Waals surface area contributed by atoms with Gasteiger partial charge in [0.25, 0.3) is 5.56 Å². The van der Waals surface area contributed by atoms with E-state index in [4.69, 9.17) is 9.31 Å². The van der Waals surface area contributed by atoms with Gasteiger partial charge >= 0.3 is 7.12 Å². The van der Waals surface area contributed by atoms with Gasteiger partial charge < -0.3 is 14.3 Å². The van der Waals surface area contributed by atoms with E-state index in [1.165, 1.54) is 0 Å². The van der Waals surface area contributed by atoms with Crippen LogP contribution in [-0.4, -0.2) is 23.3 Å². The quantitative estimate of drug-likeness (QED) is 0.821. The second-order valence-electron chi connectivity index (χ2n) is 7.68. The lowest BCUT2D eigenvalue weighted by Gasteiger charge is -2.32. The van der Waals surface area contributed by atoms with E-state index >= 15 is 0 Å². The van der Waals surface area contributed by atoms with Gasteiger partial charge in [0, 0.05) is 16.6 Å². The summed E-state index contributed by atoms with van der Waals surface area (Å²) < 4.78 is 12.2. The normalized spacial score (nSPS) is 21.2. The number of aromatic amines is 1. The molecule has 0 radical (unpaired) electrons. The summed E-state index contributed by atoms with van der Waals surface area (Å²) in [4.78, 5) is 15.5. The number of fused-ring (bicyclic) bond motifs is 3. The molecule has 4 rings (SSSR count). The molecule has 2 heterocycles. The summed E-state index contributed by atoms with van der Waals surface area (Å²) in [5.41, 5.74) is 2.20. The maximum absolute atomic E-state index is 12.5. The van der Waals surface area contributed by atoms with Gasteiger partial charge in [0.05, 0.1) is 11.2 Å². The van der Waals surface area contributed by atoms with Gasteiger partial charge in [-0.1, -0.05) is 24.3 Å². The van der Waals surface area contributed by atoms with Crippen molar-refractivity contribution in [1.82, 2.24) is 4.98 Å². The summed E-state index contributed by atoms with van der Waals surface area (Å²) in [6.45, 7) is 8.12. The van der Waals surface area contributed by atoms with Gasteiger partial charge in [0.1, 0.15) is 0 Å². The number of rotatable bonds is 1. The van der Waals surface area contributed by atoms with E-state index < -0.39 is 18.3 Å². The van der Waals surface area contributed by atoms with E-state index in [-0.39, 0.29) is 5.56 Å². The van der Waals surface area contributed by atoms with Gasteiger partial charge in [-0.25, -0.2) is 0 Å². The molecule has 2 aromatic rings. The molecule has 1 N–H and O–H groups in total. The van der Waals surface area contributed by atoms with E-state index in [1.54, 1.807) is 0 Å². The van der Waals surface area contributed by atoms with E-state index in [0.717, 1.165) is 34.9 Å². The molecule has 1 aliphatic heterocycles. The maximum atomic E-state index is 12.5. The zero-order valence-corrected chi connectivity index (χ0v) is 14.6.